The van der Waals surface area contributed by atoms with Crippen LogP contribution in [0.4, 0.5) is 5.82 Å². The minimum absolute atomic E-state index is 0.152. The van der Waals surface area contributed by atoms with Gasteiger partial charge in [0, 0.05) is 39.0 Å². The van der Waals surface area contributed by atoms with E-state index >= 15 is 0 Å². The summed E-state index contributed by atoms with van der Waals surface area (Å²) >= 11 is 5.12. The van der Waals surface area contributed by atoms with Crippen molar-refractivity contribution in [2.24, 2.45) is 19.1 Å². The molecule has 25 heavy (non-hydrogen) atoms. The molecule has 0 amide bonds. The smallest absolute Gasteiger partial charge is 0.330 e. The molecule has 0 spiro atoms. The standard InChI is InChI=1S/C9H13N3OS.C9H19NO/c1-5-10-7-6(2)8(14)12(4)9(13)11(7)3;1-2-3-4-5-10-6-8-11-9-7-10/h5H,1-4H3;2-9H2,1H3/b10-5-;. The second-order valence-electron chi connectivity index (χ2n) is 6.20. The monoisotopic (exact) mass is 368 g/mol. The topological polar surface area (TPSA) is 51.8 Å². The first-order valence-electron chi connectivity index (χ1n) is 8.99. The second kappa shape index (κ2) is 11.3. The van der Waals surface area contributed by atoms with Crippen LogP contribution >= 0.6 is 12.2 Å². The maximum absolute atomic E-state index is 11.6. The van der Waals surface area contributed by atoms with Gasteiger partial charge in [0.25, 0.3) is 0 Å². The quantitative estimate of drug-likeness (QED) is 0.455. The van der Waals surface area contributed by atoms with Crippen molar-refractivity contribution in [2.45, 2.75) is 40.0 Å². The average molecular weight is 369 g/mol. The van der Waals surface area contributed by atoms with Gasteiger partial charge in [-0.1, -0.05) is 32.0 Å². The summed E-state index contributed by atoms with van der Waals surface area (Å²) in [6, 6.07) is 0. The van der Waals surface area contributed by atoms with Crippen molar-refractivity contribution in [1.29, 1.82) is 0 Å². The molecular formula is C18H32N4O2S. The molecule has 7 heteroatoms. The first kappa shape index (κ1) is 21.7. The Morgan fingerprint density at radius 2 is 1.84 bits per heavy atom. The molecule has 0 bridgehead atoms. The molecular weight excluding hydrogens is 336 g/mol. The van der Waals surface area contributed by atoms with Crippen molar-refractivity contribution in [3.05, 3.63) is 20.7 Å². The van der Waals surface area contributed by atoms with Gasteiger partial charge in [0.1, 0.15) is 10.5 Å². The van der Waals surface area contributed by atoms with Gasteiger partial charge in [-0.2, -0.15) is 0 Å². The molecule has 0 unspecified atom stereocenters. The number of hydrogen-bond acceptors (Lipinski definition) is 5. The van der Waals surface area contributed by atoms with E-state index in [2.05, 4.69) is 16.8 Å². The zero-order valence-electron chi connectivity index (χ0n) is 16.2. The number of unbranched alkanes of at least 4 members (excludes halogenated alkanes) is 2. The molecule has 0 atom stereocenters. The predicted molar refractivity (Wildman–Crippen MR) is 107 cm³/mol. The fourth-order valence-electron chi connectivity index (χ4n) is 2.72. The molecule has 1 aromatic rings. The summed E-state index contributed by atoms with van der Waals surface area (Å²) in [5.74, 6) is 0.626. The zero-order valence-corrected chi connectivity index (χ0v) is 17.1. The Morgan fingerprint density at radius 3 is 2.40 bits per heavy atom. The molecule has 0 radical (unpaired) electrons. The van der Waals surface area contributed by atoms with E-state index in [1.54, 1.807) is 27.2 Å². The van der Waals surface area contributed by atoms with Gasteiger partial charge in [-0.05, 0) is 26.8 Å². The molecule has 2 heterocycles. The average Bonchev–Trinajstić information content (AvgIpc) is 2.64. The van der Waals surface area contributed by atoms with Gasteiger partial charge in [-0.25, -0.2) is 9.79 Å². The third kappa shape index (κ3) is 6.49. The zero-order chi connectivity index (χ0) is 18.8. The van der Waals surface area contributed by atoms with E-state index in [0.717, 1.165) is 31.9 Å². The summed E-state index contributed by atoms with van der Waals surface area (Å²) in [6.07, 6.45) is 5.70. The van der Waals surface area contributed by atoms with Crippen LogP contribution in [0.15, 0.2) is 9.79 Å². The summed E-state index contributed by atoms with van der Waals surface area (Å²) in [4.78, 5) is 18.2. The summed E-state index contributed by atoms with van der Waals surface area (Å²) in [7, 11) is 3.35. The number of rotatable bonds is 5. The van der Waals surface area contributed by atoms with Crippen molar-refractivity contribution < 1.29 is 4.74 Å². The highest BCUT2D eigenvalue weighted by Crippen LogP contribution is 2.15. The lowest BCUT2D eigenvalue weighted by Gasteiger charge is -2.26. The van der Waals surface area contributed by atoms with Crippen LogP contribution in [-0.4, -0.2) is 53.1 Å². The predicted octanol–water partition coefficient (Wildman–Crippen LogP) is 2.99. The van der Waals surface area contributed by atoms with Gasteiger partial charge in [0.05, 0.1) is 13.2 Å². The van der Waals surface area contributed by atoms with Crippen LogP contribution in [0.1, 0.15) is 38.7 Å². The number of aromatic nitrogens is 2. The number of morpholine rings is 1. The van der Waals surface area contributed by atoms with Crippen molar-refractivity contribution in [3.8, 4) is 0 Å². The number of hydrogen-bond donors (Lipinski definition) is 0. The molecule has 0 aromatic carbocycles. The van der Waals surface area contributed by atoms with Crippen molar-refractivity contribution in [1.82, 2.24) is 14.0 Å². The number of aliphatic imine (C=N–C) groups is 1. The van der Waals surface area contributed by atoms with Crippen LogP contribution in [0.2, 0.25) is 0 Å². The van der Waals surface area contributed by atoms with Crippen molar-refractivity contribution in [2.75, 3.05) is 32.8 Å². The number of nitrogens with zero attached hydrogens (tertiary/aromatic N) is 4. The van der Waals surface area contributed by atoms with Crippen LogP contribution < -0.4 is 5.69 Å². The molecule has 6 nitrogen and oxygen atoms in total. The van der Waals surface area contributed by atoms with Gasteiger partial charge in [-0.15, -0.1) is 0 Å². The minimum atomic E-state index is -0.152. The van der Waals surface area contributed by atoms with Crippen molar-refractivity contribution >= 4 is 24.3 Å². The fraction of sp³-hybridized carbons (Fsp3) is 0.722. The van der Waals surface area contributed by atoms with E-state index in [-0.39, 0.29) is 5.69 Å². The van der Waals surface area contributed by atoms with Gasteiger partial charge >= 0.3 is 5.69 Å². The van der Waals surface area contributed by atoms with Gasteiger partial charge < -0.3 is 4.74 Å². The van der Waals surface area contributed by atoms with Crippen LogP contribution in [0.3, 0.4) is 0 Å². The molecule has 1 aliphatic heterocycles. The lowest BCUT2D eigenvalue weighted by Crippen LogP contribution is -2.36. The molecule has 1 saturated heterocycles. The Labute approximate surface area is 156 Å². The van der Waals surface area contributed by atoms with Crippen LogP contribution in [-0.2, 0) is 18.8 Å². The summed E-state index contributed by atoms with van der Waals surface area (Å²) < 4.78 is 8.74. The van der Waals surface area contributed by atoms with Crippen LogP contribution in [0.25, 0.3) is 0 Å². The maximum Gasteiger partial charge on any atom is 0.330 e. The first-order chi connectivity index (χ1) is 11.9. The molecule has 0 saturated carbocycles. The highest BCUT2D eigenvalue weighted by atomic mass is 32.1. The molecule has 0 N–H and O–H groups in total. The Bertz CT molecular complexity index is 636. The van der Waals surface area contributed by atoms with E-state index in [1.165, 1.54) is 34.9 Å². The highest BCUT2D eigenvalue weighted by Gasteiger charge is 2.08. The second-order valence-corrected chi connectivity index (χ2v) is 6.59. The van der Waals surface area contributed by atoms with E-state index in [0.29, 0.717) is 10.5 Å². The molecule has 142 valence electrons. The molecule has 0 aliphatic carbocycles. The largest absolute Gasteiger partial charge is 0.379 e. The first-order valence-corrected chi connectivity index (χ1v) is 9.40. The normalized spacial score (nSPS) is 15.2. The lowest BCUT2D eigenvalue weighted by atomic mass is 10.2. The third-order valence-corrected chi connectivity index (χ3v) is 4.87. The molecule has 1 aliphatic rings. The van der Waals surface area contributed by atoms with E-state index in [9.17, 15) is 4.79 Å². The summed E-state index contributed by atoms with van der Waals surface area (Å²) in [6.45, 7) is 11.4. The maximum atomic E-state index is 11.6. The Balaban J connectivity index is 0.000000257. The molecule has 1 aromatic heterocycles. The SMILES string of the molecule is C/C=N\c1c(C)c(=S)n(C)c(=O)n1C.CCCCCN1CCOCC1. The van der Waals surface area contributed by atoms with E-state index in [4.69, 9.17) is 17.0 Å². The summed E-state index contributed by atoms with van der Waals surface area (Å²) in [5, 5.41) is 0. The lowest BCUT2D eigenvalue weighted by molar-refractivity contribution is 0.0372. The Hall–Kier alpha value is -1.31. The van der Waals surface area contributed by atoms with Gasteiger partial charge in [-0.3, -0.25) is 14.0 Å². The third-order valence-electron chi connectivity index (χ3n) is 4.29. The van der Waals surface area contributed by atoms with Crippen LogP contribution in [0, 0.1) is 11.6 Å². The van der Waals surface area contributed by atoms with Gasteiger partial charge in [0.15, 0.2) is 0 Å². The van der Waals surface area contributed by atoms with E-state index in [1.807, 2.05) is 6.92 Å². The minimum Gasteiger partial charge on any atom is -0.379 e. The highest BCUT2D eigenvalue weighted by molar-refractivity contribution is 7.71. The molecule has 2 rings (SSSR count). The summed E-state index contributed by atoms with van der Waals surface area (Å²) in [5.41, 5.74) is 0.698. The fourth-order valence-corrected chi connectivity index (χ4v) is 2.89. The Morgan fingerprint density at radius 1 is 1.20 bits per heavy atom. The van der Waals surface area contributed by atoms with Crippen LogP contribution in [0.5, 0.6) is 0 Å². The van der Waals surface area contributed by atoms with E-state index < -0.39 is 0 Å². The van der Waals surface area contributed by atoms with Gasteiger partial charge in [0.2, 0.25) is 0 Å². The Kier molecular flexibility index (Phi) is 9.85. The van der Waals surface area contributed by atoms with Crippen molar-refractivity contribution in [3.63, 3.8) is 0 Å². The number of ether oxygens (including phenoxy) is 1. The molecule has 1 fully saturated rings.